The molecule has 80 valence electrons. The Kier molecular flexibility index (Phi) is 1.98. The van der Waals surface area contributed by atoms with Gasteiger partial charge >= 0.3 is 0 Å². The van der Waals surface area contributed by atoms with Crippen molar-refractivity contribution >= 4 is 11.8 Å². The van der Waals surface area contributed by atoms with Gasteiger partial charge in [-0.3, -0.25) is 0 Å². The van der Waals surface area contributed by atoms with Crippen LogP contribution in [0.2, 0.25) is 0 Å². The van der Waals surface area contributed by atoms with Crippen LogP contribution in [0.3, 0.4) is 0 Å². The molecule has 5 nitrogen and oxygen atoms in total. The van der Waals surface area contributed by atoms with E-state index in [1.807, 2.05) is 0 Å². The highest BCUT2D eigenvalue weighted by Crippen LogP contribution is 2.28. The van der Waals surface area contributed by atoms with Crippen LogP contribution in [0.25, 0.3) is 0 Å². The van der Waals surface area contributed by atoms with Gasteiger partial charge in [0.2, 0.25) is 5.95 Å². The standard InChI is InChI=1S/C10H14N4O/c11-9-1-2-12-10(13-9)14-4-7-3-8(5-14)15-6-7/h1-2,7-8H,3-6H2,(H2,11,12,13). The fourth-order valence-electron chi connectivity index (χ4n) is 2.34. The number of aromatic nitrogens is 2. The van der Waals surface area contributed by atoms with Gasteiger partial charge in [-0.15, -0.1) is 0 Å². The number of nitrogens with two attached hydrogens (primary N) is 1. The smallest absolute Gasteiger partial charge is 0.227 e. The molecule has 0 saturated carbocycles. The Morgan fingerprint density at radius 1 is 1.47 bits per heavy atom. The molecule has 2 aliphatic heterocycles. The second-order valence-electron chi connectivity index (χ2n) is 4.24. The maximum Gasteiger partial charge on any atom is 0.227 e. The fourth-order valence-corrected chi connectivity index (χ4v) is 2.34. The zero-order valence-corrected chi connectivity index (χ0v) is 8.47. The van der Waals surface area contributed by atoms with E-state index in [1.165, 1.54) is 6.42 Å². The van der Waals surface area contributed by atoms with Gasteiger partial charge in [-0.05, 0) is 12.5 Å². The van der Waals surface area contributed by atoms with Crippen molar-refractivity contribution in [2.24, 2.45) is 5.92 Å². The summed E-state index contributed by atoms with van der Waals surface area (Å²) in [5, 5.41) is 0. The molecule has 2 unspecified atom stereocenters. The summed E-state index contributed by atoms with van der Waals surface area (Å²) < 4.78 is 5.63. The van der Waals surface area contributed by atoms with Gasteiger partial charge in [-0.25, -0.2) is 4.98 Å². The van der Waals surface area contributed by atoms with Crippen LogP contribution in [0, 0.1) is 5.92 Å². The summed E-state index contributed by atoms with van der Waals surface area (Å²) in [5.74, 6) is 1.89. The first-order valence-corrected chi connectivity index (χ1v) is 5.26. The first-order chi connectivity index (χ1) is 7.31. The average molecular weight is 206 g/mol. The highest BCUT2D eigenvalue weighted by molar-refractivity contribution is 5.38. The first-order valence-electron chi connectivity index (χ1n) is 5.26. The molecule has 0 aliphatic carbocycles. The average Bonchev–Trinajstić information content (AvgIpc) is 2.58. The number of ether oxygens (including phenoxy) is 1. The van der Waals surface area contributed by atoms with Gasteiger partial charge in [0.05, 0.1) is 12.7 Å². The third kappa shape index (κ3) is 1.63. The van der Waals surface area contributed by atoms with Crippen molar-refractivity contribution in [2.75, 3.05) is 30.3 Å². The van der Waals surface area contributed by atoms with Gasteiger partial charge in [-0.2, -0.15) is 4.98 Å². The third-order valence-electron chi connectivity index (χ3n) is 3.01. The number of nitrogens with zero attached hydrogens (tertiary/aromatic N) is 3. The third-order valence-corrected chi connectivity index (χ3v) is 3.01. The van der Waals surface area contributed by atoms with E-state index in [9.17, 15) is 0 Å². The molecule has 0 radical (unpaired) electrons. The minimum atomic E-state index is 0.355. The Hall–Kier alpha value is -1.36. The van der Waals surface area contributed by atoms with Crippen LogP contribution in [0.4, 0.5) is 11.8 Å². The normalized spacial score (nSPS) is 29.5. The van der Waals surface area contributed by atoms with E-state index in [4.69, 9.17) is 10.5 Å². The van der Waals surface area contributed by atoms with E-state index in [2.05, 4.69) is 14.9 Å². The SMILES string of the molecule is Nc1ccnc(N2CC3COC(C3)C2)n1. The number of hydrogen-bond acceptors (Lipinski definition) is 5. The minimum Gasteiger partial charge on any atom is -0.384 e. The molecule has 1 aromatic rings. The van der Waals surface area contributed by atoms with Crippen molar-refractivity contribution in [2.45, 2.75) is 12.5 Å². The minimum absolute atomic E-state index is 0.355. The van der Waals surface area contributed by atoms with E-state index in [0.29, 0.717) is 17.8 Å². The van der Waals surface area contributed by atoms with Crippen molar-refractivity contribution in [1.82, 2.24) is 9.97 Å². The van der Waals surface area contributed by atoms with Gasteiger partial charge in [0.1, 0.15) is 5.82 Å². The lowest BCUT2D eigenvalue weighted by atomic mass is 10.0. The highest BCUT2D eigenvalue weighted by Gasteiger charge is 2.34. The zero-order valence-electron chi connectivity index (χ0n) is 8.47. The van der Waals surface area contributed by atoms with Crippen LogP contribution in [0.5, 0.6) is 0 Å². The number of piperidine rings is 1. The van der Waals surface area contributed by atoms with Crippen LogP contribution in [0.15, 0.2) is 12.3 Å². The molecule has 2 bridgehead atoms. The molecule has 3 rings (SSSR count). The van der Waals surface area contributed by atoms with Gasteiger partial charge < -0.3 is 15.4 Å². The number of rotatable bonds is 1. The molecule has 15 heavy (non-hydrogen) atoms. The molecule has 3 heterocycles. The van der Waals surface area contributed by atoms with E-state index in [-0.39, 0.29) is 0 Å². The molecule has 2 N–H and O–H groups in total. The Balaban J connectivity index is 1.83. The second-order valence-corrected chi connectivity index (χ2v) is 4.24. The Morgan fingerprint density at radius 3 is 3.20 bits per heavy atom. The summed E-state index contributed by atoms with van der Waals surface area (Å²) in [5.41, 5.74) is 5.64. The molecule has 2 atom stereocenters. The van der Waals surface area contributed by atoms with Crippen molar-refractivity contribution in [3.63, 3.8) is 0 Å². The molecular formula is C10H14N4O. The molecule has 5 heteroatoms. The lowest BCUT2D eigenvalue weighted by Crippen LogP contribution is -2.40. The lowest BCUT2D eigenvalue weighted by Gasteiger charge is -2.30. The van der Waals surface area contributed by atoms with Crippen LogP contribution in [-0.4, -0.2) is 35.8 Å². The van der Waals surface area contributed by atoms with Crippen LogP contribution in [0.1, 0.15) is 6.42 Å². The fraction of sp³-hybridized carbons (Fsp3) is 0.600. The molecular weight excluding hydrogens is 192 g/mol. The summed E-state index contributed by atoms with van der Waals surface area (Å²) in [6.45, 7) is 2.75. The molecule has 2 aliphatic rings. The first kappa shape index (κ1) is 8.91. The molecule has 2 fully saturated rings. The molecule has 0 aromatic carbocycles. The number of hydrogen-bond donors (Lipinski definition) is 1. The second kappa shape index (κ2) is 3.34. The van der Waals surface area contributed by atoms with E-state index >= 15 is 0 Å². The molecule has 2 saturated heterocycles. The predicted octanol–water partition coefficient (Wildman–Crippen LogP) is 0.284. The van der Waals surface area contributed by atoms with Crippen LogP contribution >= 0.6 is 0 Å². The van der Waals surface area contributed by atoms with Crippen molar-refractivity contribution in [3.05, 3.63) is 12.3 Å². The quantitative estimate of drug-likeness (QED) is 0.715. The summed E-state index contributed by atoms with van der Waals surface area (Å²) in [6.07, 6.45) is 3.24. The topological polar surface area (TPSA) is 64.3 Å². The molecule has 0 amide bonds. The van der Waals surface area contributed by atoms with E-state index in [1.54, 1.807) is 12.3 Å². The van der Waals surface area contributed by atoms with E-state index in [0.717, 1.165) is 25.6 Å². The monoisotopic (exact) mass is 206 g/mol. The van der Waals surface area contributed by atoms with Gasteiger partial charge in [0.25, 0.3) is 0 Å². The predicted molar refractivity (Wildman–Crippen MR) is 56.5 cm³/mol. The Bertz CT molecular complexity index is 358. The highest BCUT2D eigenvalue weighted by atomic mass is 16.5. The molecule has 0 spiro atoms. The summed E-state index contributed by atoms with van der Waals surface area (Å²) >= 11 is 0. The zero-order chi connectivity index (χ0) is 10.3. The van der Waals surface area contributed by atoms with Crippen molar-refractivity contribution in [3.8, 4) is 0 Å². The van der Waals surface area contributed by atoms with Gasteiger partial charge in [0, 0.05) is 25.2 Å². The van der Waals surface area contributed by atoms with Crippen molar-refractivity contribution < 1.29 is 4.74 Å². The van der Waals surface area contributed by atoms with Gasteiger partial charge in [-0.1, -0.05) is 0 Å². The Morgan fingerprint density at radius 2 is 2.40 bits per heavy atom. The van der Waals surface area contributed by atoms with Crippen molar-refractivity contribution in [1.29, 1.82) is 0 Å². The molecule has 1 aromatic heterocycles. The van der Waals surface area contributed by atoms with Crippen LogP contribution in [-0.2, 0) is 4.74 Å². The number of nitrogen functional groups attached to an aromatic ring is 1. The number of fused-ring (bicyclic) bond motifs is 2. The maximum atomic E-state index is 5.64. The summed E-state index contributed by atoms with van der Waals surface area (Å²) in [7, 11) is 0. The lowest BCUT2D eigenvalue weighted by molar-refractivity contribution is 0.119. The maximum absolute atomic E-state index is 5.64. The van der Waals surface area contributed by atoms with Crippen LogP contribution < -0.4 is 10.6 Å². The Labute approximate surface area is 88.3 Å². The van der Waals surface area contributed by atoms with E-state index < -0.39 is 0 Å². The largest absolute Gasteiger partial charge is 0.384 e. The summed E-state index contributed by atoms with van der Waals surface area (Å²) in [6, 6.07) is 1.71. The number of anilines is 2. The summed E-state index contributed by atoms with van der Waals surface area (Å²) in [4.78, 5) is 10.6. The van der Waals surface area contributed by atoms with Gasteiger partial charge in [0.15, 0.2) is 0 Å².